The Morgan fingerprint density at radius 1 is 1.33 bits per heavy atom. The van der Waals surface area contributed by atoms with Gasteiger partial charge < -0.3 is 11.1 Å². The molecule has 0 bridgehead atoms. The van der Waals surface area contributed by atoms with Crippen molar-refractivity contribution in [1.29, 1.82) is 0 Å². The first kappa shape index (κ1) is 13.6. The number of nitrogens with zero attached hydrogens (tertiary/aromatic N) is 1. The van der Waals surface area contributed by atoms with Gasteiger partial charge in [0.2, 0.25) is 5.91 Å². The molecular formula is C11H18F3N3O. The molecule has 0 aromatic rings. The molecule has 104 valence electrons. The Hall–Kier alpha value is -0.820. The third kappa shape index (κ3) is 4.45. The van der Waals surface area contributed by atoms with Crippen molar-refractivity contribution in [2.75, 3.05) is 13.1 Å². The lowest BCUT2D eigenvalue weighted by molar-refractivity contribution is -0.149. The highest BCUT2D eigenvalue weighted by atomic mass is 19.4. The van der Waals surface area contributed by atoms with E-state index in [1.165, 1.54) is 4.90 Å². The van der Waals surface area contributed by atoms with Crippen molar-refractivity contribution in [1.82, 2.24) is 10.2 Å². The van der Waals surface area contributed by atoms with E-state index in [1.807, 2.05) is 0 Å². The predicted molar refractivity (Wildman–Crippen MR) is 59.8 cm³/mol. The van der Waals surface area contributed by atoms with Crippen molar-refractivity contribution in [3.8, 4) is 0 Å². The maximum absolute atomic E-state index is 12.4. The zero-order valence-corrected chi connectivity index (χ0v) is 10.0. The van der Waals surface area contributed by atoms with Gasteiger partial charge in [0.05, 0.1) is 12.6 Å². The summed E-state index contributed by atoms with van der Waals surface area (Å²) in [5.41, 5.74) is 5.24. The van der Waals surface area contributed by atoms with Crippen LogP contribution in [0, 0.1) is 0 Å². The van der Waals surface area contributed by atoms with Crippen LogP contribution in [0.25, 0.3) is 0 Å². The van der Waals surface area contributed by atoms with E-state index in [1.54, 1.807) is 0 Å². The highest BCUT2D eigenvalue weighted by Crippen LogP contribution is 2.30. The normalized spacial score (nSPS) is 22.2. The molecule has 2 fully saturated rings. The van der Waals surface area contributed by atoms with Crippen molar-refractivity contribution < 1.29 is 18.0 Å². The number of amides is 1. The molecule has 0 radical (unpaired) electrons. The van der Waals surface area contributed by atoms with E-state index >= 15 is 0 Å². The number of carbonyl (C=O) groups is 1. The van der Waals surface area contributed by atoms with Gasteiger partial charge in [0, 0.05) is 18.6 Å². The second-order valence-electron chi connectivity index (χ2n) is 5.17. The second kappa shape index (κ2) is 5.05. The topological polar surface area (TPSA) is 58.4 Å². The molecule has 1 unspecified atom stereocenters. The average molecular weight is 265 g/mol. The number of carbonyl (C=O) groups excluding carboxylic acids is 1. The highest BCUT2D eigenvalue weighted by molar-refractivity contribution is 5.80. The quantitative estimate of drug-likeness (QED) is 0.709. The van der Waals surface area contributed by atoms with E-state index in [4.69, 9.17) is 5.73 Å². The van der Waals surface area contributed by atoms with Crippen LogP contribution in [0.5, 0.6) is 0 Å². The SMILES string of the molecule is NC(=O)C(CN(CC(F)(F)F)C1CC1)NC1CC1. The molecule has 4 nitrogen and oxygen atoms in total. The van der Waals surface area contributed by atoms with Gasteiger partial charge in [0.25, 0.3) is 0 Å². The Kier molecular flexibility index (Phi) is 3.82. The third-order valence-electron chi connectivity index (χ3n) is 3.22. The summed E-state index contributed by atoms with van der Waals surface area (Å²) in [6.45, 7) is -0.913. The first-order valence-corrected chi connectivity index (χ1v) is 6.21. The standard InChI is InChI=1S/C11H18F3N3O/c12-11(13,14)6-17(8-3-4-8)5-9(10(15)18)16-7-1-2-7/h7-9,16H,1-6H2,(H2,15,18). The summed E-state index contributed by atoms with van der Waals surface area (Å²) in [6, 6.07) is -0.482. The van der Waals surface area contributed by atoms with Gasteiger partial charge in [-0.25, -0.2) is 0 Å². The minimum Gasteiger partial charge on any atom is -0.368 e. The van der Waals surface area contributed by atoms with Gasteiger partial charge in [-0.1, -0.05) is 0 Å². The lowest BCUT2D eigenvalue weighted by atomic mass is 10.2. The van der Waals surface area contributed by atoms with Crippen molar-refractivity contribution in [2.24, 2.45) is 5.73 Å². The molecule has 2 saturated carbocycles. The fourth-order valence-corrected chi connectivity index (χ4v) is 2.01. The van der Waals surface area contributed by atoms with E-state index in [0.29, 0.717) is 0 Å². The van der Waals surface area contributed by atoms with Crippen LogP contribution in [0.4, 0.5) is 13.2 Å². The molecule has 0 spiro atoms. The second-order valence-corrected chi connectivity index (χ2v) is 5.17. The number of hydrogen-bond acceptors (Lipinski definition) is 3. The van der Waals surface area contributed by atoms with Gasteiger partial charge in [0.15, 0.2) is 0 Å². The summed E-state index contributed by atoms with van der Waals surface area (Å²) < 4.78 is 37.3. The first-order chi connectivity index (χ1) is 8.35. The molecule has 0 saturated heterocycles. The molecule has 2 rings (SSSR count). The predicted octanol–water partition coefficient (Wildman–Crippen LogP) is 0.619. The first-order valence-electron chi connectivity index (χ1n) is 6.21. The largest absolute Gasteiger partial charge is 0.401 e. The van der Waals surface area contributed by atoms with E-state index in [0.717, 1.165) is 25.7 Å². The van der Waals surface area contributed by atoms with Gasteiger partial charge in [-0.2, -0.15) is 13.2 Å². The number of nitrogens with two attached hydrogens (primary N) is 1. The van der Waals surface area contributed by atoms with Crippen LogP contribution < -0.4 is 11.1 Å². The summed E-state index contributed by atoms with van der Waals surface area (Å²) in [5.74, 6) is -0.574. The summed E-state index contributed by atoms with van der Waals surface area (Å²) in [4.78, 5) is 12.6. The van der Waals surface area contributed by atoms with Gasteiger partial charge in [-0.05, 0) is 25.7 Å². The zero-order valence-electron chi connectivity index (χ0n) is 10.0. The monoisotopic (exact) mass is 265 g/mol. The molecule has 1 amide bonds. The molecule has 0 aromatic carbocycles. The fourth-order valence-electron chi connectivity index (χ4n) is 2.01. The van der Waals surface area contributed by atoms with Crippen molar-refractivity contribution >= 4 is 5.91 Å². The number of rotatable bonds is 7. The van der Waals surface area contributed by atoms with E-state index in [-0.39, 0.29) is 18.6 Å². The minimum atomic E-state index is -4.23. The van der Waals surface area contributed by atoms with Crippen molar-refractivity contribution in [3.63, 3.8) is 0 Å². The number of primary amides is 1. The van der Waals surface area contributed by atoms with E-state index in [2.05, 4.69) is 5.32 Å². The summed E-state index contributed by atoms with van der Waals surface area (Å²) in [5, 5.41) is 3.01. The maximum Gasteiger partial charge on any atom is 0.401 e. The van der Waals surface area contributed by atoms with Crippen LogP contribution in [0.1, 0.15) is 25.7 Å². The Labute approximate surface area is 104 Å². The lowest BCUT2D eigenvalue weighted by Gasteiger charge is -2.27. The molecule has 0 heterocycles. The van der Waals surface area contributed by atoms with Crippen LogP contribution >= 0.6 is 0 Å². The Morgan fingerprint density at radius 3 is 2.33 bits per heavy atom. The van der Waals surface area contributed by atoms with Gasteiger partial charge in [0.1, 0.15) is 0 Å². The summed E-state index contributed by atoms with van der Waals surface area (Å²) in [6.07, 6.45) is -0.765. The number of halogens is 3. The molecular weight excluding hydrogens is 247 g/mol. The summed E-state index contributed by atoms with van der Waals surface area (Å²) in [7, 11) is 0. The molecule has 3 N–H and O–H groups in total. The summed E-state index contributed by atoms with van der Waals surface area (Å²) >= 11 is 0. The lowest BCUT2D eigenvalue weighted by Crippen LogP contribution is -2.52. The van der Waals surface area contributed by atoms with Gasteiger partial charge in [-0.3, -0.25) is 9.69 Å². The van der Waals surface area contributed by atoms with Gasteiger partial charge >= 0.3 is 6.18 Å². The van der Waals surface area contributed by atoms with Crippen molar-refractivity contribution in [3.05, 3.63) is 0 Å². The van der Waals surface area contributed by atoms with Crippen LogP contribution in [-0.4, -0.2) is 48.2 Å². The fraction of sp³-hybridized carbons (Fsp3) is 0.909. The molecule has 18 heavy (non-hydrogen) atoms. The smallest absolute Gasteiger partial charge is 0.368 e. The number of hydrogen-bond donors (Lipinski definition) is 2. The van der Waals surface area contributed by atoms with E-state index < -0.39 is 24.7 Å². The number of nitrogens with one attached hydrogen (secondary N) is 1. The Balaban J connectivity index is 1.90. The maximum atomic E-state index is 12.4. The molecule has 0 aliphatic heterocycles. The van der Waals surface area contributed by atoms with Crippen molar-refractivity contribution in [2.45, 2.75) is 50.0 Å². The van der Waals surface area contributed by atoms with Gasteiger partial charge in [-0.15, -0.1) is 0 Å². The van der Waals surface area contributed by atoms with Crippen LogP contribution in [0.2, 0.25) is 0 Å². The van der Waals surface area contributed by atoms with Crippen LogP contribution in [0.3, 0.4) is 0 Å². The molecule has 1 atom stereocenters. The molecule has 2 aliphatic carbocycles. The Bertz CT molecular complexity index is 313. The highest BCUT2D eigenvalue weighted by Gasteiger charge is 2.40. The van der Waals surface area contributed by atoms with Crippen LogP contribution in [0.15, 0.2) is 0 Å². The molecule has 2 aliphatic rings. The van der Waals surface area contributed by atoms with E-state index in [9.17, 15) is 18.0 Å². The Morgan fingerprint density at radius 2 is 1.94 bits per heavy atom. The average Bonchev–Trinajstić information content (AvgIpc) is 3.08. The van der Waals surface area contributed by atoms with Crippen LogP contribution in [-0.2, 0) is 4.79 Å². The zero-order chi connectivity index (χ0) is 13.3. The minimum absolute atomic E-state index is 0.0468. The third-order valence-corrected chi connectivity index (χ3v) is 3.22. The molecule has 0 aromatic heterocycles. The molecule has 7 heteroatoms. The number of alkyl halides is 3.